The van der Waals surface area contributed by atoms with Crippen LogP contribution in [-0.4, -0.2) is 38.4 Å². The van der Waals surface area contributed by atoms with Crippen molar-refractivity contribution < 1.29 is 14.7 Å². The van der Waals surface area contributed by atoms with E-state index in [-0.39, 0.29) is 23.9 Å². The van der Waals surface area contributed by atoms with Gasteiger partial charge in [-0.2, -0.15) is 0 Å². The Morgan fingerprint density at radius 3 is 2.90 bits per heavy atom. The van der Waals surface area contributed by atoms with Crippen molar-refractivity contribution in [3.8, 4) is 0 Å². The molecule has 21 heavy (non-hydrogen) atoms. The molecule has 1 aromatic heterocycles. The van der Waals surface area contributed by atoms with Gasteiger partial charge in [0.05, 0.1) is 12.0 Å². The summed E-state index contributed by atoms with van der Waals surface area (Å²) in [7, 11) is 1.81. The number of aryl methyl sites for hydroxylation is 1. The van der Waals surface area contributed by atoms with Gasteiger partial charge in [0.1, 0.15) is 6.33 Å². The van der Waals surface area contributed by atoms with Gasteiger partial charge in [0, 0.05) is 13.6 Å². The van der Waals surface area contributed by atoms with Crippen LogP contribution in [0.1, 0.15) is 38.1 Å². The molecule has 0 saturated heterocycles. The fourth-order valence-corrected chi connectivity index (χ4v) is 2.83. The molecule has 1 saturated carbocycles. The van der Waals surface area contributed by atoms with E-state index >= 15 is 0 Å². The van der Waals surface area contributed by atoms with Crippen LogP contribution in [-0.2, 0) is 11.8 Å². The van der Waals surface area contributed by atoms with Gasteiger partial charge in [0.15, 0.2) is 5.82 Å². The standard InChI is InChI=1S/C13H21N5O3/c1-8(11-17-15-7-18(11)2)16-13(21)14-6-9-4-3-5-10(9)12(19)20/h7-10H,3-6H2,1-2H3,(H,19,20)(H2,14,16,21). The fraction of sp³-hybridized carbons (Fsp3) is 0.692. The van der Waals surface area contributed by atoms with Crippen molar-refractivity contribution >= 4 is 12.0 Å². The third-order valence-corrected chi connectivity index (χ3v) is 3.98. The minimum atomic E-state index is -0.771. The Hall–Kier alpha value is -2.12. The molecular formula is C13H21N5O3. The molecule has 2 rings (SSSR count). The maximum Gasteiger partial charge on any atom is 0.315 e. The third-order valence-electron chi connectivity index (χ3n) is 3.98. The van der Waals surface area contributed by atoms with E-state index in [1.165, 1.54) is 0 Å². The van der Waals surface area contributed by atoms with Crippen molar-refractivity contribution in [2.24, 2.45) is 18.9 Å². The molecule has 1 aromatic rings. The van der Waals surface area contributed by atoms with Crippen LogP contribution in [0.5, 0.6) is 0 Å². The van der Waals surface area contributed by atoms with Crippen LogP contribution in [0.4, 0.5) is 4.79 Å². The summed E-state index contributed by atoms with van der Waals surface area (Å²) >= 11 is 0. The van der Waals surface area contributed by atoms with Gasteiger partial charge in [-0.15, -0.1) is 10.2 Å². The Bertz CT molecular complexity index is 516. The fourth-order valence-electron chi connectivity index (χ4n) is 2.83. The summed E-state index contributed by atoms with van der Waals surface area (Å²) in [5, 5.41) is 22.3. The van der Waals surface area contributed by atoms with Crippen molar-refractivity contribution in [2.75, 3.05) is 6.54 Å². The maximum atomic E-state index is 11.9. The molecule has 2 amide bonds. The summed E-state index contributed by atoms with van der Waals surface area (Å²) in [5.74, 6) is -0.443. The largest absolute Gasteiger partial charge is 0.481 e. The van der Waals surface area contributed by atoms with Gasteiger partial charge in [-0.05, 0) is 25.7 Å². The number of nitrogens with zero attached hydrogens (tertiary/aromatic N) is 3. The molecule has 0 aromatic carbocycles. The lowest BCUT2D eigenvalue weighted by Crippen LogP contribution is -2.41. The molecule has 1 aliphatic rings. The minimum absolute atomic E-state index is 0.0124. The van der Waals surface area contributed by atoms with Gasteiger partial charge in [-0.3, -0.25) is 4.79 Å². The molecule has 8 heteroatoms. The predicted octanol–water partition coefficient (Wildman–Crippen LogP) is 0.676. The van der Waals surface area contributed by atoms with E-state index in [9.17, 15) is 9.59 Å². The van der Waals surface area contributed by atoms with E-state index < -0.39 is 5.97 Å². The number of hydrogen-bond donors (Lipinski definition) is 3. The lowest BCUT2D eigenvalue weighted by atomic mass is 9.96. The Kier molecular flexibility index (Phi) is 4.77. The van der Waals surface area contributed by atoms with Gasteiger partial charge in [0.25, 0.3) is 0 Å². The Labute approximate surface area is 122 Å². The van der Waals surface area contributed by atoms with Crippen LogP contribution in [0.15, 0.2) is 6.33 Å². The SMILES string of the molecule is CC(NC(=O)NCC1CCCC1C(=O)O)c1nncn1C. The van der Waals surface area contributed by atoms with Crippen molar-refractivity contribution in [3.63, 3.8) is 0 Å². The molecule has 0 aliphatic heterocycles. The first-order valence-electron chi connectivity index (χ1n) is 7.10. The molecule has 1 fully saturated rings. The second kappa shape index (κ2) is 6.55. The van der Waals surface area contributed by atoms with Crippen LogP contribution in [0.25, 0.3) is 0 Å². The summed E-state index contributed by atoms with van der Waals surface area (Å²) in [5.41, 5.74) is 0. The van der Waals surface area contributed by atoms with Gasteiger partial charge >= 0.3 is 12.0 Å². The number of amides is 2. The van der Waals surface area contributed by atoms with Crippen LogP contribution >= 0.6 is 0 Å². The number of aromatic nitrogens is 3. The van der Waals surface area contributed by atoms with Crippen LogP contribution in [0.2, 0.25) is 0 Å². The third kappa shape index (κ3) is 3.71. The smallest absolute Gasteiger partial charge is 0.315 e. The normalized spacial score (nSPS) is 22.8. The number of urea groups is 1. The van der Waals surface area contributed by atoms with Gasteiger partial charge < -0.3 is 20.3 Å². The van der Waals surface area contributed by atoms with Crippen LogP contribution in [0.3, 0.4) is 0 Å². The van der Waals surface area contributed by atoms with Crippen molar-refractivity contribution in [2.45, 2.75) is 32.2 Å². The second-order valence-electron chi connectivity index (χ2n) is 5.51. The first-order valence-corrected chi connectivity index (χ1v) is 7.10. The first-order chi connectivity index (χ1) is 9.99. The molecule has 116 valence electrons. The van der Waals surface area contributed by atoms with E-state index in [2.05, 4.69) is 20.8 Å². The zero-order valence-electron chi connectivity index (χ0n) is 12.2. The first kappa shape index (κ1) is 15.3. The molecule has 0 radical (unpaired) electrons. The number of carboxylic acids is 1. The minimum Gasteiger partial charge on any atom is -0.481 e. The highest BCUT2D eigenvalue weighted by molar-refractivity contribution is 5.74. The molecule has 1 aliphatic carbocycles. The lowest BCUT2D eigenvalue weighted by Gasteiger charge is -2.18. The molecule has 3 atom stereocenters. The number of rotatable bonds is 5. The molecule has 8 nitrogen and oxygen atoms in total. The van der Waals surface area contributed by atoms with E-state index in [1.54, 1.807) is 17.9 Å². The highest BCUT2D eigenvalue weighted by atomic mass is 16.4. The lowest BCUT2D eigenvalue weighted by molar-refractivity contribution is -0.142. The van der Waals surface area contributed by atoms with Crippen molar-refractivity contribution in [3.05, 3.63) is 12.2 Å². The van der Waals surface area contributed by atoms with Crippen LogP contribution in [0, 0.1) is 11.8 Å². The van der Waals surface area contributed by atoms with E-state index in [1.807, 2.05) is 6.92 Å². The number of carbonyl (C=O) groups is 2. The number of carbonyl (C=O) groups excluding carboxylic acids is 1. The van der Waals surface area contributed by atoms with Crippen molar-refractivity contribution in [1.29, 1.82) is 0 Å². The zero-order valence-corrected chi connectivity index (χ0v) is 12.2. The van der Waals surface area contributed by atoms with E-state index in [0.717, 1.165) is 12.8 Å². The molecule has 1 heterocycles. The maximum absolute atomic E-state index is 11.9. The Morgan fingerprint density at radius 2 is 2.29 bits per heavy atom. The van der Waals surface area contributed by atoms with Crippen LogP contribution < -0.4 is 10.6 Å². The molecule has 0 bridgehead atoms. The summed E-state index contributed by atoms with van der Waals surface area (Å²) in [4.78, 5) is 22.9. The van der Waals surface area contributed by atoms with E-state index in [0.29, 0.717) is 18.8 Å². The monoisotopic (exact) mass is 295 g/mol. The average Bonchev–Trinajstić information content (AvgIpc) is 3.04. The summed E-state index contributed by atoms with van der Waals surface area (Å²) in [6, 6.07) is -0.585. The molecule has 0 spiro atoms. The zero-order chi connectivity index (χ0) is 15.4. The predicted molar refractivity (Wildman–Crippen MR) is 74.4 cm³/mol. The van der Waals surface area contributed by atoms with E-state index in [4.69, 9.17) is 5.11 Å². The Balaban J connectivity index is 1.80. The quantitative estimate of drug-likeness (QED) is 0.740. The number of nitrogens with one attached hydrogen (secondary N) is 2. The highest BCUT2D eigenvalue weighted by Gasteiger charge is 2.32. The van der Waals surface area contributed by atoms with Gasteiger partial charge in [-0.25, -0.2) is 4.79 Å². The molecule has 3 N–H and O–H groups in total. The van der Waals surface area contributed by atoms with Gasteiger partial charge in [0.2, 0.25) is 0 Å². The topological polar surface area (TPSA) is 109 Å². The van der Waals surface area contributed by atoms with Crippen molar-refractivity contribution in [1.82, 2.24) is 25.4 Å². The summed E-state index contributed by atoms with van der Waals surface area (Å²) in [6.07, 6.45) is 4.01. The second-order valence-corrected chi connectivity index (χ2v) is 5.51. The number of hydrogen-bond acceptors (Lipinski definition) is 4. The summed E-state index contributed by atoms with van der Waals surface area (Å²) in [6.45, 7) is 2.20. The number of aliphatic carboxylic acids is 1. The molecular weight excluding hydrogens is 274 g/mol. The average molecular weight is 295 g/mol. The number of carboxylic acid groups (broad SMARTS) is 1. The summed E-state index contributed by atoms with van der Waals surface area (Å²) < 4.78 is 1.74. The highest BCUT2D eigenvalue weighted by Crippen LogP contribution is 2.31. The molecule has 3 unspecified atom stereocenters. The Morgan fingerprint density at radius 1 is 1.52 bits per heavy atom. The van der Waals surface area contributed by atoms with Gasteiger partial charge in [-0.1, -0.05) is 6.42 Å².